The molecular formula is C23H27ClN4O2. The zero-order valence-electron chi connectivity index (χ0n) is 17.3. The molecule has 6 nitrogen and oxygen atoms in total. The van der Waals surface area contributed by atoms with E-state index in [0.29, 0.717) is 43.2 Å². The molecule has 2 amide bonds. The van der Waals surface area contributed by atoms with E-state index in [1.165, 1.54) is 16.7 Å². The summed E-state index contributed by atoms with van der Waals surface area (Å²) >= 11 is 5.90. The Balaban J connectivity index is 1.32. The minimum atomic E-state index is -0.255. The highest BCUT2D eigenvalue weighted by molar-refractivity contribution is 6.30. The first-order chi connectivity index (χ1) is 14.4. The molecule has 0 radical (unpaired) electrons. The first-order valence-electron chi connectivity index (χ1n) is 10.3. The predicted molar refractivity (Wildman–Crippen MR) is 117 cm³/mol. The Hall–Kier alpha value is -2.41. The summed E-state index contributed by atoms with van der Waals surface area (Å²) in [7, 11) is 0. The summed E-state index contributed by atoms with van der Waals surface area (Å²) in [6, 6.07) is 13.2. The van der Waals surface area contributed by atoms with Gasteiger partial charge in [-0.15, -0.1) is 0 Å². The molecule has 0 aromatic heterocycles. The fourth-order valence-corrected chi connectivity index (χ4v) is 4.39. The molecule has 2 unspecified atom stereocenters. The number of hydrogen-bond acceptors (Lipinski definition) is 4. The van der Waals surface area contributed by atoms with E-state index in [0.717, 1.165) is 0 Å². The zero-order chi connectivity index (χ0) is 21.3. The molecule has 0 aliphatic carbocycles. The van der Waals surface area contributed by atoms with Gasteiger partial charge in [0.1, 0.15) is 6.04 Å². The normalized spacial score (nSPS) is 21.7. The van der Waals surface area contributed by atoms with Crippen molar-refractivity contribution < 1.29 is 9.59 Å². The molecule has 2 aromatic carbocycles. The van der Waals surface area contributed by atoms with Crippen molar-refractivity contribution in [2.24, 2.45) is 0 Å². The molecule has 2 heterocycles. The molecule has 30 heavy (non-hydrogen) atoms. The van der Waals surface area contributed by atoms with Crippen LogP contribution in [0.5, 0.6) is 0 Å². The second kappa shape index (κ2) is 8.76. The van der Waals surface area contributed by atoms with Crippen molar-refractivity contribution in [2.75, 3.05) is 26.2 Å². The number of carbonyl (C=O) groups excluding carboxylic acids is 2. The van der Waals surface area contributed by atoms with Gasteiger partial charge in [0.25, 0.3) is 5.91 Å². The van der Waals surface area contributed by atoms with Crippen LogP contribution in [-0.4, -0.2) is 53.8 Å². The van der Waals surface area contributed by atoms with Crippen molar-refractivity contribution in [3.63, 3.8) is 0 Å². The van der Waals surface area contributed by atoms with Crippen molar-refractivity contribution in [1.82, 2.24) is 20.7 Å². The molecule has 0 spiro atoms. The largest absolute Gasteiger partial charge is 0.338 e. The number of halogens is 1. The molecule has 158 valence electrons. The number of hydrogen-bond donors (Lipinski definition) is 2. The van der Waals surface area contributed by atoms with Crippen LogP contribution < -0.4 is 10.9 Å². The Labute approximate surface area is 182 Å². The standard InChI is InChI=1S/C23H27ClN4O2/c1-15-3-8-19(16(2)13-15)20-14-21(26-25-20)23(30)28-11-9-27(10-12-28)22(29)17-4-6-18(24)7-5-17/h3-8,13,20-21,25-26H,9-12,14H2,1-2H3. The Morgan fingerprint density at radius 3 is 2.27 bits per heavy atom. The van der Waals surface area contributed by atoms with Gasteiger partial charge in [0.2, 0.25) is 5.91 Å². The topological polar surface area (TPSA) is 64.7 Å². The number of hydrazine groups is 1. The Bertz CT molecular complexity index is 939. The molecule has 0 saturated carbocycles. The van der Waals surface area contributed by atoms with Crippen LogP contribution in [0.4, 0.5) is 0 Å². The lowest BCUT2D eigenvalue weighted by molar-refractivity contribution is -0.134. The first-order valence-corrected chi connectivity index (χ1v) is 10.7. The minimum Gasteiger partial charge on any atom is -0.338 e. The van der Waals surface area contributed by atoms with Crippen molar-refractivity contribution >= 4 is 23.4 Å². The predicted octanol–water partition coefficient (Wildman–Crippen LogP) is 2.85. The van der Waals surface area contributed by atoms with Crippen LogP contribution >= 0.6 is 11.6 Å². The molecular weight excluding hydrogens is 400 g/mol. The monoisotopic (exact) mass is 426 g/mol. The molecule has 2 atom stereocenters. The van der Waals surface area contributed by atoms with Crippen LogP contribution in [0, 0.1) is 13.8 Å². The van der Waals surface area contributed by atoms with Gasteiger partial charge in [-0.25, -0.2) is 10.9 Å². The van der Waals surface area contributed by atoms with Crippen molar-refractivity contribution in [2.45, 2.75) is 32.4 Å². The number of carbonyl (C=O) groups is 2. The van der Waals surface area contributed by atoms with E-state index in [1.54, 1.807) is 29.2 Å². The lowest BCUT2D eigenvalue weighted by Crippen LogP contribution is -2.54. The maximum absolute atomic E-state index is 13.0. The van der Waals surface area contributed by atoms with Crippen LogP contribution in [0.15, 0.2) is 42.5 Å². The highest BCUT2D eigenvalue weighted by Gasteiger charge is 2.35. The van der Waals surface area contributed by atoms with E-state index in [9.17, 15) is 9.59 Å². The highest BCUT2D eigenvalue weighted by atomic mass is 35.5. The second-order valence-corrected chi connectivity index (χ2v) is 8.55. The van der Waals surface area contributed by atoms with Gasteiger partial charge in [-0.2, -0.15) is 0 Å². The van der Waals surface area contributed by atoms with Gasteiger partial charge >= 0.3 is 0 Å². The summed E-state index contributed by atoms with van der Waals surface area (Å²) in [6.45, 7) is 6.35. The number of amides is 2. The van der Waals surface area contributed by atoms with E-state index in [1.807, 2.05) is 4.90 Å². The summed E-state index contributed by atoms with van der Waals surface area (Å²) in [5, 5.41) is 0.610. The van der Waals surface area contributed by atoms with Crippen LogP contribution in [0.25, 0.3) is 0 Å². The number of rotatable bonds is 3. The average Bonchev–Trinajstić information content (AvgIpc) is 3.23. The summed E-state index contributed by atoms with van der Waals surface area (Å²) in [4.78, 5) is 29.3. The van der Waals surface area contributed by atoms with Gasteiger partial charge in [-0.3, -0.25) is 9.59 Å². The molecule has 2 aromatic rings. The van der Waals surface area contributed by atoms with E-state index < -0.39 is 0 Å². The van der Waals surface area contributed by atoms with E-state index in [4.69, 9.17) is 11.6 Å². The third kappa shape index (κ3) is 4.36. The van der Waals surface area contributed by atoms with Gasteiger partial charge in [0, 0.05) is 42.8 Å². The van der Waals surface area contributed by atoms with Crippen LogP contribution in [0.3, 0.4) is 0 Å². The third-order valence-corrected chi connectivity index (χ3v) is 6.22. The average molecular weight is 427 g/mol. The highest BCUT2D eigenvalue weighted by Crippen LogP contribution is 2.26. The summed E-state index contributed by atoms with van der Waals surface area (Å²) in [6.07, 6.45) is 0.715. The van der Waals surface area contributed by atoms with Crippen LogP contribution in [0.1, 0.15) is 39.5 Å². The van der Waals surface area contributed by atoms with E-state index in [2.05, 4.69) is 42.9 Å². The first kappa shape index (κ1) is 20.8. The molecule has 4 rings (SSSR count). The summed E-state index contributed by atoms with van der Waals surface area (Å²) in [5.74, 6) is 0.0719. The lowest BCUT2D eigenvalue weighted by atomic mass is 9.96. The number of nitrogens with zero attached hydrogens (tertiary/aromatic N) is 2. The molecule has 2 saturated heterocycles. The molecule has 2 N–H and O–H groups in total. The van der Waals surface area contributed by atoms with E-state index >= 15 is 0 Å². The fourth-order valence-electron chi connectivity index (χ4n) is 4.26. The lowest BCUT2D eigenvalue weighted by Gasteiger charge is -2.36. The number of benzene rings is 2. The third-order valence-electron chi connectivity index (χ3n) is 5.97. The van der Waals surface area contributed by atoms with Gasteiger partial charge in [-0.05, 0) is 55.7 Å². The summed E-state index contributed by atoms with van der Waals surface area (Å²) < 4.78 is 0. The Morgan fingerprint density at radius 1 is 0.933 bits per heavy atom. The van der Waals surface area contributed by atoms with Gasteiger partial charge in [0.05, 0.1) is 0 Å². The maximum Gasteiger partial charge on any atom is 0.253 e. The minimum absolute atomic E-state index is 0.0191. The second-order valence-electron chi connectivity index (χ2n) is 8.11. The molecule has 7 heteroatoms. The van der Waals surface area contributed by atoms with E-state index in [-0.39, 0.29) is 23.9 Å². The fraction of sp³-hybridized carbons (Fsp3) is 0.391. The van der Waals surface area contributed by atoms with Crippen molar-refractivity contribution in [1.29, 1.82) is 0 Å². The Kier molecular flexibility index (Phi) is 6.09. The number of aryl methyl sites for hydroxylation is 2. The molecule has 2 aliphatic rings. The number of piperazine rings is 1. The van der Waals surface area contributed by atoms with Crippen LogP contribution in [0.2, 0.25) is 5.02 Å². The van der Waals surface area contributed by atoms with Crippen LogP contribution in [-0.2, 0) is 4.79 Å². The summed E-state index contributed by atoms with van der Waals surface area (Å²) in [5.41, 5.74) is 10.8. The molecule has 2 fully saturated rings. The maximum atomic E-state index is 13.0. The van der Waals surface area contributed by atoms with Gasteiger partial charge < -0.3 is 9.80 Å². The SMILES string of the molecule is Cc1ccc(C2CC(C(=O)N3CCN(C(=O)c4ccc(Cl)cc4)CC3)NN2)c(C)c1. The van der Waals surface area contributed by atoms with Crippen molar-refractivity contribution in [3.05, 3.63) is 69.7 Å². The quantitative estimate of drug-likeness (QED) is 0.792. The van der Waals surface area contributed by atoms with Crippen molar-refractivity contribution in [3.8, 4) is 0 Å². The zero-order valence-corrected chi connectivity index (χ0v) is 18.1. The Morgan fingerprint density at radius 2 is 1.60 bits per heavy atom. The van der Waals surface area contributed by atoms with Gasteiger partial charge in [-0.1, -0.05) is 35.4 Å². The molecule has 2 aliphatic heterocycles. The van der Waals surface area contributed by atoms with Gasteiger partial charge in [0.15, 0.2) is 0 Å². The number of nitrogens with one attached hydrogen (secondary N) is 2. The molecule has 0 bridgehead atoms. The smallest absolute Gasteiger partial charge is 0.253 e.